The van der Waals surface area contributed by atoms with Crippen LogP contribution in [0.15, 0.2) is 12.1 Å². The predicted molar refractivity (Wildman–Crippen MR) is 83.0 cm³/mol. The molecular weight excluding hydrogens is 256 g/mol. The van der Waals surface area contributed by atoms with Gasteiger partial charge in [-0.25, -0.2) is 4.98 Å². The number of thioether (sulfide) groups is 1. The minimum atomic E-state index is 0.0845. The molecular formula is C15H24N2OS. The summed E-state index contributed by atoms with van der Waals surface area (Å²) in [5.41, 5.74) is 2.03. The molecule has 2 rings (SSSR count). The average Bonchev–Trinajstić information content (AvgIpc) is 2.37. The normalized spacial score (nSPS) is 18.9. The molecule has 4 heteroatoms. The number of anilines is 1. The van der Waals surface area contributed by atoms with Crippen LogP contribution in [-0.4, -0.2) is 33.7 Å². The molecule has 19 heavy (non-hydrogen) atoms. The lowest BCUT2D eigenvalue weighted by atomic mass is 10.1. The van der Waals surface area contributed by atoms with Gasteiger partial charge in [-0.05, 0) is 37.5 Å². The Hall–Kier alpha value is -0.740. The predicted octanol–water partition coefficient (Wildman–Crippen LogP) is 3.03. The number of hydrogen-bond donors (Lipinski definition) is 1. The standard InChI is InChI=1S/C15H24N2OS/c1-11(2)13-7-12(9-18)8-14(16-13)17-5-6-19-15(3,4)10-17/h7-8,11,18H,5-6,9-10H2,1-4H3. The molecule has 1 aromatic rings. The highest BCUT2D eigenvalue weighted by atomic mass is 32.2. The van der Waals surface area contributed by atoms with E-state index in [2.05, 4.69) is 32.6 Å². The molecule has 0 spiro atoms. The van der Waals surface area contributed by atoms with Crippen molar-refractivity contribution in [1.82, 2.24) is 4.98 Å². The summed E-state index contributed by atoms with van der Waals surface area (Å²) in [5.74, 6) is 2.54. The van der Waals surface area contributed by atoms with E-state index in [1.54, 1.807) is 0 Å². The fourth-order valence-corrected chi connectivity index (χ4v) is 3.47. The zero-order valence-corrected chi connectivity index (χ0v) is 13.1. The Morgan fingerprint density at radius 3 is 2.74 bits per heavy atom. The summed E-state index contributed by atoms with van der Waals surface area (Å²) in [7, 11) is 0. The van der Waals surface area contributed by atoms with Crippen LogP contribution in [0.1, 0.15) is 44.9 Å². The quantitative estimate of drug-likeness (QED) is 0.923. The van der Waals surface area contributed by atoms with E-state index in [0.29, 0.717) is 5.92 Å². The maximum absolute atomic E-state index is 9.42. The Balaban J connectivity index is 2.30. The van der Waals surface area contributed by atoms with E-state index in [-0.39, 0.29) is 11.4 Å². The third kappa shape index (κ3) is 3.63. The zero-order chi connectivity index (χ0) is 14.0. The Morgan fingerprint density at radius 2 is 2.16 bits per heavy atom. The van der Waals surface area contributed by atoms with E-state index in [4.69, 9.17) is 4.98 Å². The lowest BCUT2D eigenvalue weighted by Gasteiger charge is -2.38. The number of hydrogen-bond acceptors (Lipinski definition) is 4. The van der Waals surface area contributed by atoms with Crippen molar-refractivity contribution in [1.29, 1.82) is 0 Å². The molecule has 0 amide bonds. The lowest BCUT2D eigenvalue weighted by molar-refractivity contribution is 0.281. The number of aliphatic hydroxyl groups is 1. The summed E-state index contributed by atoms with van der Waals surface area (Å²) in [6, 6.07) is 4.04. The molecule has 0 unspecified atom stereocenters. The summed E-state index contributed by atoms with van der Waals surface area (Å²) < 4.78 is 0.271. The minimum absolute atomic E-state index is 0.0845. The maximum Gasteiger partial charge on any atom is 0.129 e. The SMILES string of the molecule is CC(C)c1cc(CO)cc(N2CCSC(C)(C)C2)n1. The van der Waals surface area contributed by atoms with Gasteiger partial charge in [0.05, 0.1) is 6.61 Å². The molecule has 106 valence electrons. The molecule has 1 aromatic heterocycles. The number of rotatable bonds is 3. The van der Waals surface area contributed by atoms with E-state index in [9.17, 15) is 5.11 Å². The third-order valence-electron chi connectivity index (χ3n) is 3.42. The molecule has 1 fully saturated rings. The van der Waals surface area contributed by atoms with Gasteiger partial charge in [-0.3, -0.25) is 0 Å². The van der Waals surface area contributed by atoms with Gasteiger partial charge in [0, 0.05) is 29.3 Å². The first-order chi connectivity index (χ1) is 8.91. The molecule has 0 radical (unpaired) electrons. The Bertz CT molecular complexity index is 446. The molecule has 1 saturated heterocycles. The van der Waals surface area contributed by atoms with Crippen LogP contribution >= 0.6 is 11.8 Å². The summed E-state index contributed by atoms with van der Waals surface area (Å²) in [4.78, 5) is 7.12. The smallest absolute Gasteiger partial charge is 0.129 e. The Morgan fingerprint density at radius 1 is 1.42 bits per heavy atom. The van der Waals surface area contributed by atoms with Gasteiger partial charge in [0.2, 0.25) is 0 Å². The van der Waals surface area contributed by atoms with Crippen LogP contribution < -0.4 is 4.90 Å². The molecule has 1 N–H and O–H groups in total. The van der Waals surface area contributed by atoms with Gasteiger partial charge in [-0.1, -0.05) is 13.8 Å². The van der Waals surface area contributed by atoms with Gasteiger partial charge in [0.25, 0.3) is 0 Å². The molecule has 3 nitrogen and oxygen atoms in total. The summed E-state index contributed by atoms with van der Waals surface area (Å²) in [5, 5.41) is 9.42. The summed E-state index contributed by atoms with van der Waals surface area (Å²) in [6.45, 7) is 11.0. The van der Waals surface area contributed by atoms with Gasteiger partial charge in [-0.2, -0.15) is 11.8 Å². The topological polar surface area (TPSA) is 36.4 Å². The van der Waals surface area contributed by atoms with E-state index in [0.717, 1.165) is 35.9 Å². The zero-order valence-electron chi connectivity index (χ0n) is 12.3. The minimum Gasteiger partial charge on any atom is -0.392 e. The highest BCUT2D eigenvalue weighted by Crippen LogP contribution is 2.32. The lowest BCUT2D eigenvalue weighted by Crippen LogP contribution is -2.43. The van der Waals surface area contributed by atoms with Crippen LogP contribution in [0.2, 0.25) is 0 Å². The second-order valence-electron chi connectivity index (χ2n) is 6.10. The number of pyridine rings is 1. The fourth-order valence-electron chi connectivity index (χ4n) is 2.36. The first-order valence-corrected chi connectivity index (χ1v) is 7.90. The highest BCUT2D eigenvalue weighted by molar-refractivity contribution is 8.00. The van der Waals surface area contributed by atoms with Gasteiger partial charge in [0.15, 0.2) is 0 Å². The van der Waals surface area contributed by atoms with E-state index < -0.39 is 0 Å². The fraction of sp³-hybridized carbons (Fsp3) is 0.667. The van der Waals surface area contributed by atoms with Crippen molar-refractivity contribution >= 4 is 17.6 Å². The van der Waals surface area contributed by atoms with Crippen molar-refractivity contribution in [2.45, 2.75) is 45.0 Å². The first kappa shape index (κ1) is 14.7. The van der Waals surface area contributed by atoms with Crippen LogP contribution in [0.25, 0.3) is 0 Å². The van der Waals surface area contributed by atoms with Crippen LogP contribution in [0.5, 0.6) is 0 Å². The van der Waals surface area contributed by atoms with E-state index in [1.165, 1.54) is 0 Å². The first-order valence-electron chi connectivity index (χ1n) is 6.92. The molecule has 1 aliphatic heterocycles. The van der Waals surface area contributed by atoms with Crippen molar-refractivity contribution < 1.29 is 5.11 Å². The van der Waals surface area contributed by atoms with Crippen LogP contribution in [-0.2, 0) is 6.61 Å². The van der Waals surface area contributed by atoms with Crippen molar-refractivity contribution in [3.63, 3.8) is 0 Å². The van der Waals surface area contributed by atoms with Crippen LogP contribution in [0, 0.1) is 0 Å². The maximum atomic E-state index is 9.42. The van der Waals surface area contributed by atoms with Crippen LogP contribution in [0.4, 0.5) is 5.82 Å². The largest absolute Gasteiger partial charge is 0.392 e. The average molecular weight is 280 g/mol. The van der Waals surface area contributed by atoms with Gasteiger partial charge in [0.1, 0.15) is 5.82 Å². The van der Waals surface area contributed by atoms with Gasteiger partial charge >= 0.3 is 0 Å². The van der Waals surface area contributed by atoms with Crippen molar-refractivity contribution in [2.75, 3.05) is 23.7 Å². The Labute approximate surface area is 120 Å². The highest BCUT2D eigenvalue weighted by Gasteiger charge is 2.28. The molecule has 1 aliphatic rings. The number of aromatic nitrogens is 1. The molecule has 2 heterocycles. The third-order valence-corrected chi connectivity index (χ3v) is 4.71. The second kappa shape index (κ2) is 5.71. The van der Waals surface area contributed by atoms with Gasteiger partial charge in [-0.15, -0.1) is 0 Å². The second-order valence-corrected chi connectivity index (χ2v) is 7.90. The van der Waals surface area contributed by atoms with Crippen LogP contribution in [0.3, 0.4) is 0 Å². The van der Waals surface area contributed by atoms with E-state index >= 15 is 0 Å². The van der Waals surface area contributed by atoms with E-state index in [1.807, 2.05) is 23.9 Å². The monoisotopic (exact) mass is 280 g/mol. The molecule has 0 aliphatic carbocycles. The summed E-state index contributed by atoms with van der Waals surface area (Å²) in [6.07, 6.45) is 0. The molecule has 0 bridgehead atoms. The van der Waals surface area contributed by atoms with Crippen molar-refractivity contribution in [3.05, 3.63) is 23.4 Å². The molecule has 0 aromatic carbocycles. The van der Waals surface area contributed by atoms with Crippen molar-refractivity contribution in [3.8, 4) is 0 Å². The molecule has 0 atom stereocenters. The molecule has 0 saturated carbocycles. The Kier molecular flexibility index (Phi) is 4.41. The summed E-state index contributed by atoms with van der Waals surface area (Å²) >= 11 is 2.02. The number of aliphatic hydroxyl groups excluding tert-OH is 1. The van der Waals surface area contributed by atoms with Gasteiger partial charge < -0.3 is 10.0 Å². The van der Waals surface area contributed by atoms with Crippen molar-refractivity contribution in [2.24, 2.45) is 0 Å². The number of nitrogens with zero attached hydrogens (tertiary/aromatic N) is 2.